The van der Waals surface area contributed by atoms with E-state index in [1.807, 2.05) is 38.1 Å². The van der Waals surface area contributed by atoms with Crippen molar-refractivity contribution in [2.45, 2.75) is 32.0 Å². The molecule has 0 unspecified atom stereocenters. The molecule has 2 N–H and O–H groups in total. The van der Waals surface area contributed by atoms with E-state index in [9.17, 15) is 18.4 Å². The van der Waals surface area contributed by atoms with Crippen molar-refractivity contribution < 1.29 is 18.4 Å². The molecule has 1 heterocycles. The first-order valence-corrected chi connectivity index (χ1v) is 10.5. The van der Waals surface area contributed by atoms with E-state index >= 15 is 0 Å². The molecule has 0 fully saturated rings. The van der Waals surface area contributed by atoms with E-state index in [1.54, 1.807) is 4.57 Å². The fraction of sp³-hybridized carbons (Fsp3) is 0.238. The summed E-state index contributed by atoms with van der Waals surface area (Å²) in [6.45, 7) is 4.35. The Morgan fingerprint density at radius 1 is 1.03 bits per heavy atom. The molecule has 3 rings (SSSR count). The standard InChI is InChI=1S/C21H21F2N5O2S/c1-3-28-18(11-19(29)24-15-7-4-13(2)5-8-15)26-27-21(28)31-12-20(30)25-17-9-6-14(22)10-16(17)23/h4-10H,3,11-12H2,1-2H3,(H,24,29)(H,25,30). The Morgan fingerprint density at radius 2 is 1.77 bits per heavy atom. The molecule has 162 valence electrons. The lowest BCUT2D eigenvalue weighted by Crippen LogP contribution is -2.18. The molecule has 1 aromatic heterocycles. The predicted octanol–water partition coefficient (Wildman–Crippen LogP) is 3.80. The summed E-state index contributed by atoms with van der Waals surface area (Å²) in [5.74, 6) is -1.85. The fourth-order valence-electron chi connectivity index (χ4n) is 2.77. The molecule has 0 bridgehead atoms. The third kappa shape index (κ3) is 6.11. The Morgan fingerprint density at radius 3 is 2.45 bits per heavy atom. The van der Waals surface area contributed by atoms with Crippen LogP contribution in [-0.4, -0.2) is 32.3 Å². The van der Waals surface area contributed by atoms with E-state index < -0.39 is 17.5 Å². The second-order valence-electron chi connectivity index (χ2n) is 6.70. The lowest BCUT2D eigenvalue weighted by Gasteiger charge is -2.09. The molecule has 7 nitrogen and oxygen atoms in total. The minimum Gasteiger partial charge on any atom is -0.326 e. The summed E-state index contributed by atoms with van der Waals surface area (Å²) >= 11 is 1.11. The topological polar surface area (TPSA) is 88.9 Å². The Balaban J connectivity index is 1.58. The first-order valence-electron chi connectivity index (χ1n) is 9.52. The summed E-state index contributed by atoms with van der Waals surface area (Å²) in [5, 5.41) is 13.8. The van der Waals surface area contributed by atoms with Gasteiger partial charge >= 0.3 is 0 Å². The van der Waals surface area contributed by atoms with Crippen molar-refractivity contribution in [3.63, 3.8) is 0 Å². The number of amides is 2. The van der Waals surface area contributed by atoms with Crippen LogP contribution in [0.3, 0.4) is 0 Å². The van der Waals surface area contributed by atoms with E-state index in [2.05, 4.69) is 20.8 Å². The SMILES string of the molecule is CCn1c(CC(=O)Nc2ccc(C)cc2)nnc1SCC(=O)Nc1ccc(F)cc1F. The Labute approximate surface area is 182 Å². The van der Waals surface area contributed by atoms with Gasteiger partial charge in [-0.2, -0.15) is 0 Å². The zero-order chi connectivity index (χ0) is 22.4. The largest absolute Gasteiger partial charge is 0.326 e. The first-order chi connectivity index (χ1) is 14.9. The van der Waals surface area contributed by atoms with Crippen molar-refractivity contribution in [3.05, 3.63) is 65.5 Å². The maximum Gasteiger partial charge on any atom is 0.234 e. The van der Waals surface area contributed by atoms with Gasteiger partial charge in [0.2, 0.25) is 11.8 Å². The van der Waals surface area contributed by atoms with Crippen LogP contribution in [0.4, 0.5) is 20.2 Å². The van der Waals surface area contributed by atoms with Crippen molar-refractivity contribution in [3.8, 4) is 0 Å². The van der Waals surface area contributed by atoms with Crippen LogP contribution < -0.4 is 10.6 Å². The minimum absolute atomic E-state index is 0.0300. The van der Waals surface area contributed by atoms with Gasteiger partial charge in [-0.15, -0.1) is 10.2 Å². The van der Waals surface area contributed by atoms with Gasteiger partial charge in [0, 0.05) is 18.3 Å². The summed E-state index contributed by atoms with van der Waals surface area (Å²) in [6.07, 6.45) is 0.0300. The molecule has 0 aliphatic carbocycles. The molecular weight excluding hydrogens is 424 g/mol. The average Bonchev–Trinajstić information content (AvgIpc) is 3.11. The summed E-state index contributed by atoms with van der Waals surface area (Å²) in [4.78, 5) is 24.5. The first kappa shape index (κ1) is 22.4. The van der Waals surface area contributed by atoms with Crippen LogP contribution in [0.2, 0.25) is 0 Å². The molecule has 3 aromatic rings. The van der Waals surface area contributed by atoms with Gasteiger partial charge in [-0.05, 0) is 38.1 Å². The van der Waals surface area contributed by atoms with E-state index in [-0.39, 0.29) is 23.8 Å². The molecule has 2 aromatic carbocycles. The summed E-state index contributed by atoms with van der Waals surface area (Å²) < 4.78 is 28.4. The molecule has 2 amide bonds. The number of hydrogen-bond acceptors (Lipinski definition) is 5. The predicted molar refractivity (Wildman–Crippen MR) is 115 cm³/mol. The lowest BCUT2D eigenvalue weighted by atomic mass is 10.2. The maximum atomic E-state index is 13.7. The Bertz CT molecular complexity index is 1090. The molecule has 0 spiro atoms. The number of carbonyl (C=O) groups excluding carboxylic acids is 2. The quantitative estimate of drug-likeness (QED) is 0.515. The second-order valence-corrected chi connectivity index (χ2v) is 7.64. The summed E-state index contributed by atoms with van der Waals surface area (Å²) in [7, 11) is 0. The molecule has 10 heteroatoms. The summed E-state index contributed by atoms with van der Waals surface area (Å²) in [6, 6.07) is 10.4. The third-order valence-electron chi connectivity index (χ3n) is 4.30. The van der Waals surface area contributed by atoms with E-state index in [4.69, 9.17) is 0 Å². The van der Waals surface area contributed by atoms with Gasteiger partial charge in [0.25, 0.3) is 0 Å². The number of halogens is 2. The van der Waals surface area contributed by atoms with Gasteiger partial charge in [-0.25, -0.2) is 8.78 Å². The van der Waals surface area contributed by atoms with Crippen molar-refractivity contribution in [1.82, 2.24) is 14.8 Å². The zero-order valence-electron chi connectivity index (χ0n) is 17.0. The number of rotatable bonds is 8. The number of hydrogen-bond donors (Lipinski definition) is 2. The third-order valence-corrected chi connectivity index (χ3v) is 5.27. The number of thioether (sulfide) groups is 1. The number of aryl methyl sites for hydroxylation is 1. The molecule has 0 aliphatic rings. The van der Waals surface area contributed by atoms with Gasteiger partial charge in [-0.1, -0.05) is 29.5 Å². The number of carbonyl (C=O) groups is 2. The molecule has 0 atom stereocenters. The average molecular weight is 445 g/mol. The highest BCUT2D eigenvalue weighted by molar-refractivity contribution is 7.99. The van der Waals surface area contributed by atoms with Crippen molar-refractivity contribution in [2.75, 3.05) is 16.4 Å². The van der Waals surface area contributed by atoms with Crippen LogP contribution in [0.15, 0.2) is 47.6 Å². The molecule has 31 heavy (non-hydrogen) atoms. The highest BCUT2D eigenvalue weighted by atomic mass is 32.2. The van der Waals surface area contributed by atoms with Gasteiger partial charge < -0.3 is 15.2 Å². The van der Waals surface area contributed by atoms with Crippen LogP contribution in [-0.2, 0) is 22.6 Å². The van der Waals surface area contributed by atoms with E-state index in [0.717, 1.165) is 29.5 Å². The van der Waals surface area contributed by atoms with Gasteiger partial charge in [0.15, 0.2) is 5.16 Å². The van der Waals surface area contributed by atoms with Gasteiger partial charge in [0.1, 0.15) is 17.5 Å². The maximum absolute atomic E-state index is 13.7. The highest BCUT2D eigenvalue weighted by Gasteiger charge is 2.16. The van der Waals surface area contributed by atoms with Crippen LogP contribution in [0.5, 0.6) is 0 Å². The molecule has 0 saturated carbocycles. The number of aromatic nitrogens is 3. The monoisotopic (exact) mass is 445 g/mol. The zero-order valence-corrected chi connectivity index (χ0v) is 17.8. The Kier molecular flexibility index (Phi) is 7.35. The second kappa shape index (κ2) is 10.2. The van der Waals surface area contributed by atoms with Crippen LogP contribution in [0, 0.1) is 18.6 Å². The number of nitrogens with one attached hydrogen (secondary N) is 2. The molecule has 0 saturated heterocycles. The van der Waals surface area contributed by atoms with Crippen LogP contribution in [0.25, 0.3) is 0 Å². The fourth-order valence-corrected chi connectivity index (χ4v) is 3.59. The molecule has 0 radical (unpaired) electrons. The number of nitrogens with zero attached hydrogens (tertiary/aromatic N) is 3. The minimum atomic E-state index is -0.850. The van der Waals surface area contributed by atoms with Crippen LogP contribution >= 0.6 is 11.8 Å². The van der Waals surface area contributed by atoms with Gasteiger partial charge in [0.05, 0.1) is 17.9 Å². The number of anilines is 2. The smallest absolute Gasteiger partial charge is 0.234 e. The van der Waals surface area contributed by atoms with E-state index in [0.29, 0.717) is 29.3 Å². The van der Waals surface area contributed by atoms with Gasteiger partial charge in [-0.3, -0.25) is 9.59 Å². The van der Waals surface area contributed by atoms with Crippen molar-refractivity contribution >= 4 is 35.0 Å². The van der Waals surface area contributed by atoms with Crippen molar-refractivity contribution in [2.24, 2.45) is 0 Å². The van der Waals surface area contributed by atoms with Crippen molar-refractivity contribution in [1.29, 1.82) is 0 Å². The van der Waals surface area contributed by atoms with E-state index in [1.165, 1.54) is 0 Å². The highest BCUT2D eigenvalue weighted by Crippen LogP contribution is 2.20. The number of benzene rings is 2. The lowest BCUT2D eigenvalue weighted by molar-refractivity contribution is -0.116. The van der Waals surface area contributed by atoms with Crippen LogP contribution in [0.1, 0.15) is 18.3 Å². The molecule has 0 aliphatic heterocycles. The Hall–Kier alpha value is -3.27. The molecular formula is C21H21F2N5O2S. The normalized spacial score (nSPS) is 10.7. The summed E-state index contributed by atoms with van der Waals surface area (Å²) in [5.41, 5.74) is 1.69.